The van der Waals surface area contributed by atoms with Crippen molar-refractivity contribution < 1.29 is 19.4 Å². The van der Waals surface area contributed by atoms with Crippen molar-refractivity contribution in [3.05, 3.63) is 52.0 Å². The summed E-state index contributed by atoms with van der Waals surface area (Å²) in [6, 6.07) is 12.1. The molecule has 2 rings (SSSR count). The molecule has 0 fully saturated rings. The summed E-state index contributed by atoms with van der Waals surface area (Å²) in [6.45, 7) is 5.84. The molecule has 1 atom stereocenters. The number of nitrogens with zero attached hydrogens (tertiary/aromatic N) is 1. The monoisotopic (exact) mass is 441 g/mol. The summed E-state index contributed by atoms with van der Waals surface area (Å²) in [6.07, 6.45) is -0.928. The van der Waals surface area contributed by atoms with Crippen LogP contribution < -0.4 is 9.47 Å². The van der Waals surface area contributed by atoms with E-state index in [1.54, 1.807) is 36.4 Å². The van der Waals surface area contributed by atoms with Crippen molar-refractivity contribution in [2.75, 3.05) is 19.6 Å². The normalized spacial score (nSPS) is 12.0. The summed E-state index contributed by atoms with van der Waals surface area (Å²) >= 11 is 9.49. The Morgan fingerprint density at radius 3 is 2.31 bits per heavy atom. The summed E-state index contributed by atoms with van der Waals surface area (Å²) in [5.41, 5.74) is 0. The van der Waals surface area contributed by atoms with Crippen LogP contribution in [0.15, 0.2) is 46.9 Å². The number of carboxylic acids is 1. The van der Waals surface area contributed by atoms with Crippen molar-refractivity contribution in [3.63, 3.8) is 0 Å². The second-order valence-electron chi connectivity index (χ2n) is 5.58. The number of halogens is 2. The summed E-state index contributed by atoms with van der Waals surface area (Å²) in [5.74, 6) is 0.600. The summed E-state index contributed by atoms with van der Waals surface area (Å²) in [7, 11) is 0. The molecule has 2 aromatic carbocycles. The quantitative estimate of drug-likeness (QED) is 0.587. The van der Waals surface area contributed by atoms with E-state index in [4.69, 9.17) is 21.1 Å². The van der Waals surface area contributed by atoms with Crippen LogP contribution in [0.3, 0.4) is 0 Å². The number of carbonyl (C=O) groups is 1. The third kappa shape index (κ3) is 5.90. The number of carboxylic acid groups (broad SMARTS) is 1. The molecule has 1 unspecified atom stereocenters. The highest BCUT2D eigenvalue weighted by Crippen LogP contribution is 2.32. The van der Waals surface area contributed by atoms with Crippen LogP contribution in [0.25, 0.3) is 0 Å². The van der Waals surface area contributed by atoms with Gasteiger partial charge in [0, 0.05) is 11.0 Å². The molecular weight excluding hydrogens is 422 g/mol. The van der Waals surface area contributed by atoms with Gasteiger partial charge >= 0.3 is 5.97 Å². The average molecular weight is 443 g/mol. The first-order chi connectivity index (χ1) is 12.4. The van der Waals surface area contributed by atoms with Gasteiger partial charge in [-0.15, -0.1) is 0 Å². The fourth-order valence-corrected chi connectivity index (χ4v) is 3.03. The number of rotatable bonds is 9. The zero-order valence-corrected chi connectivity index (χ0v) is 17.0. The molecule has 0 heterocycles. The summed E-state index contributed by atoms with van der Waals surface area (Å²) in [5, 5.41) is 9.87. The van der Waals surface area contributed by atoms with Crippen LogP contribution in [-0.2, 0) is 4.79 Å². The van der Waals surface area contributed by atoms with E-state index < -0.39 is 12.1 Å². The number of hydrogen-bond acceptors (Lipinski definition) is 4. The fraction of sp³-hybridized carbons (Fsp3) is 0.316. The molecule has 0 spiro atoms. The van der Waals surface area contributed by atoms with E-state index in [9.17, 15) is 9.90 Å². The van der Waals surface area contributed by atoms with Gasteiger partial charge in [0.15, 0.2) is 0 Å². The Labute approximate surface area is 166 Å². The van der Waals surface area contributed by atoms with Gasteiger partial charge in [-0.3, -0.25) is 4.90 Å². The van der Waals surface area contributed by atoms with Crippen molar-refractivity contribution >= 4 is 33.5 Å². The second-order valence-corrected chi connectivity index (χ2v) is 6.90. The van der Waals surface area contributed by atoms with Gasteiger partial charge in [0.05, 0.1) is 5.02 Å². The van der Waals surface area contributed by atoms with Crippen molar-refractivity contribution in [3.8, 4) is 17.2 Å². The van der Waals surface area contributed by atoms with Crippen molar-refractivity contribution in [1.82, 2.24) is 4.90 Å². The first kappa shape index (κ1) is 20.6. The molecule has 5 nitrogen and oxygen atoms in total. The number of aliphatic carboxylic acids is 1. The lowest BCUT2D eigenvalue weighted by atomic mass is 10.3. The highest BCUT2D eigenvalue weighted by Gasteiger charge is 2.22. The van der Waals surface area contributed by atoms with Crippen LogP contribution in [0.2, 0.25) is 5.02 Å². The fourth-order valence-electron chi connectivity index (χ4n) is 2.32. The van der Waals surface area contributed by atoms with Crippen LogP contribution in [-0.4, -0.2) is 41.7 Å². The lowest BCUT2D eigenvalue weighted by molar-refractivity contribution is -0.145. The van der Waals surface area contributed by atoms with Gasteiger partial charge in [0.1, 0.15) is 17.2 Å². The minimum absolute atomic E-state index is 0.328. The standard InChI is InChI=1S/C19H21BrClNO4/c1-3-22(4-2)12-18(19(23)24)26-15-8-6-14(7-9-15)25-17-10-5-13(20)11-16(17)21/h5-11,18H,3-4,12H2,1-2H3,(H,23,24). The van der Waals surface area contributed by atoms with Gasteiger partial charge < -0.3 is 14.6 Å². The molecule has 2 aromatic rings. The van der Waals surface area contributed by atoms with Crippen LogP contribution in [0.1, 0.15) is 13.8 Å². The Kier molecular flexibility index (Phi) is 7.75. The van der Waals surface area contributed by atoms with E-state index in [2.05, 4.69) is 15.9 Å². The molecule has 0 aromatic heterocycles. The zero-order valence-electron chi connectivity index (χ0n) is 14.6. The van der Waals surface area contributed by atoms with Crippen molar-refractivity contribution in [1.29, 1.82) is 0 Å². The molecule has 1 N–H and O–H groups in total. The van der Waals surface area contributed by atoms with Gasteiger partial charge in [-0.2, -0.15) is 0 Å². The Morgan fingerprint density at radius 1 is 1.15 bits per heavy atom. The highest BCUT2D eigenvalue weighted by molar-refractivity contribution is 9.10. The molecule has 140 valence electrons. The Bertz CT molecular complexity index is 735. The van der Waals surface area contributed by atoms with Crippen molar-refractivity contribution in [2.24, 2.45) is 0 Å². The van der Waals surface area contributed by atoms with Crippen molar-refractivity contribution in [2.45, 2.75) is 20.0 Å². The van der Waals surface area contributed by atoms with E-state index in [-0.39, 0.29) is 0 Å². The Morgan fingerprint density at radius 2 is 1.77 bits per heavy atom. The maximum Gasteiger partial charge on any atom is 0.346 e. The molecule has 7 heteroatoms. The maximum absolute atomic E-state index is 11.4. The van der Waals surface area contributed by atoms with E-state index in [0.29, 0.717) is 28.8 Å². The number of likely N-dealkylation sites (N-methyl/N-ethyl adjacent to an activating group) is 1. The molecule has 0 aliphatic carbocycles. The van der Waals surface area contributed by atoms with E-state index in [1.807, 2.05) is 24.8 Å². The predicted molar refractivity (Wildman–Crippen MR) is 106 cm³/mol. The van der Waals surface area contributed by atoms with Gasteiger partial charge in [-0.25, -0.2) is 4.79 Å². The lowest BCUT2D eigenvalue weighted by Gasteiger charge is -2.23. The number of ether oxygens (including phenoxy) is 2. The smallest absolute Gasteiger partial charge is 0.346 e. The van der Waals surface area contributed by atoms with Crippen LogP contribution in [0.4, 0.5) is 0 Å². The van der Waals surface area contributed by atoms with Gasteiger partial charge in [-0.1, -0.05) is 41.4 Å². The summed E-state index contributed by atoms with van der Waals surface area (Å²) < 4.78 is 12.2. The average Bonchev–Trinajstić information content (AvgIpc) is 2.62. The predicted octanol–water partition coefficient (Wildman–Crippen LogP) is 5.07. The molecule has 0 saturated heterocycles. The molecule has 0 aliphatic rings. The topological polar surface area (TPSA) is 59.0 Å². The third-order valence-electron chi connectivity index (χ3n) is 3.82. The SMILES string of the molecule is CCN(CC)CC(Oc1ccc(Oc2ccc(Br)cc2Cl)cc1)C(=O)O. The van der Waals surface area contributed by atoms with Crippen LogP contribution in [0, 0.1) is 0 Å². The molecule has 0 amide bonds. The largest absolute Gasteiger partial charge is 0.478 e. The van der Waals surface area contributed by atoms with Gasteiger partial charge in [0.25, 0.3) is 0 Å². The van der Waals surface area contributed by atoms with Crippen LogP contribution in [0.5, 0.6) is 17.2 Å². The summed E-state index contributed by atoms with van der Waals surface area (Å²) in [4.78, 5) is 13.5. The highest BCUT2D eigenvalue weighted by atomic mass is 79.9. The molecule has 0 bridgehead atoms. The minimum atomic E-state index is -0.987. The number of hydrogen-bond donors (Lipinski definition) is 1. The van der Waals surface area contributed by atoms with E-state index in [1.165, 1.54) is 0 Å². The Balaban J connectivity index is 2.04. The number of benzene rings is 2. The van der Waals surface area contributed by atoms with Crippen LogP contribution >= 0.6 is 27.5 Å². The third-order valence-corrected chi connectivity index (χ3v) is 4.61. The minimum Gasteiger partial charge on any atom is -0.478 e. The molecule has 0 aliphatic heterocycles. The lowest BCUT2D eigenvalue weighted by Crippen LogP contribution is -2.40. The van der Waals surface area contributed by atoms with E-state index >= 15 is 0 Å². The first-order valence-electron chi connectivity index (χ1n) is 8.27. The molecular formula is C19H21BrClNO4. The van der Waals surface area contributed by atoms with Gasteiger partial charge in [0.2, 0.25) is 6.10 Å². The maximum atomic E-state index is 11.4. The zero-order chi connectivity index (χ0) is 19.1. The first-order valence-corrected chi connectivity index (χ1v) is 9.44. The molecule has 26 heavy (non-hydrogen) atoms. The molecule has 0 radical (unpaired) electrons. The van der Waals surface area contributed by atoms with E-state index in [0.717, 1.165) is 17.6 Å². The Hall–Kier alpha value is -1.76. The van der Waals surface area contributed by atoms with Gasteiger partial charge in [-0.05, 0) is 55.6 Å². The second kappa shape index (κ2) is 9.80. The molecule has 0 saturated carbocycles.